The van der Waals surface area contributed by atoms with Gasteiger partial charge in [0.05, 0.1) is 0 Å². The molecule has 0 spiro atoms. The quantitative estimate of drug-likeness (QED) is 0.929. The summed E-state index contributed by atoms with van der Waals surface area (Å²) in [7, 11) is 0. The van der Waals surface area contributed by atoms with E-state index < -0.39 is 0 Å². The monoisotopic (exact) mass is 269 g/mol. The third-order valence-electron chi connectivity index (χ3n) is 3.91. The molecule has 1 aliphatic rings. The lowest BCUT2D eigenvalue weighted by Crippen LogP contribution is -2.33. The summed E-state index contributed by atoms with van der Waals surface area (Å²) in [5, 5.41) is 0. The summed E-state index contributed by atoms with van der Waals surface area (Å²) in [5.41, 5.74) is 1.30. The van der Waals surface area contributed by atoms with E-state index in [1.807, 2.05) is 6.07 Å². The van der Waals surface area contributed by atoms with Gasteiger partial charge in [0.15, 0.2) is 0 Å². The molecular weight excluding hydrogens is 250 g/mol. The Labute approximate surface area is 118 Å². The first-order chi connectivity index (χ1) is 9.81. The molecule has 20 heavy (non-hydrogen) atoms. The molecule has 2 aromatic rings. The van der Waals surface area contributed by atoms with Gasteiger partial charge < -0.3 is 4.98 Å². The summed E-state index contributed by atoms with van der Waals surface area (Å²) in [6.07, 6.45) is 3.71. The number of hydrogen-bond donors (Lipinski definition) is 1. The third kappa shape index (κ3) is 3.14. The van der Waals surface area contributed by atoms with E-state index in [1.54, 1.807) is 6.20 Å². The Bertz CT molecular complexity index is 600. The van der Waals surface area contributed by atoms with Crippen LogP contribution >= 0.6 is 0 Å². The summed E-state index contributed by atoms with van der Waals surface area (Å²) in [6, 6.07) is 12.0. The normalized spacial score (nSPS) is 17.2. The Kier molecular flexibility index (Phi) is 3.92. The summed E-state index contributed by atoms with van der Waals surface area (Å²) in [4.78, 5) is 21.0. The second-order valence-corrected chi connectivity index (χ2v) is 5.36. The van der Waals surface area contributed by atoms with Gasteiger partial charge in [-0.2, -0.15) is 0 Å². The van der Waals surface area contributed by atoms with E-state index in [-0.39, 0.29) is 5.56 Å². The van der Waals surface area contributed by atoms with Gasteiger partial charge in [-0.25, -0.2) is 4.98 Å². The maximum Gasteiger partial charge on any atom is 0.250 e. The Balaban J connectivity index is 1.58. The zero-order valence-electron chi connectivity index (χ0n) is 11.5. The number of hydrogen-bond acceptors (Lipinski definition) is 3. The lowest BCUT2D eigenvalue weighted by molar-refractivity contribution is 0.201. The Morgan fingerprint density at radius 2 is 1.90 bits per heavy atom. The van der Waals surface area contributed by atoms with Gasteiger partial charge in [0.25, 0.3) is 5.56 Å². The highest BCUT2D eigenvalue weighted by atomic mass is 16.1. The highest BCUT2D eigenvalue weighted by Gasteiger charge is 2.22. The van der Waals surface area contributed by atoms with Crippen molar-refractivity contribution in [2.75, 3.05) is 13.1 Å². The van der Waals surface area contributed by atoms with Crippen molar-refractivity contribution in [1.29, 1.82) is 0 Å². The molecular formula is C16H19N3O. The van der Waals surface area contributed by atoms with E-state index in [2.05, 4.69) is 39.1 Å². The van der Waals surface area contributed by atoms with Crippen molar-refractivity contribution in [3.05, 3.63) is 64.3 Å². The Morgan fingerprint density at radius 1 is 1.15 bits per heavy atom. The molecule has 0 unspecified atom stereocenters. The molecule has 0 radical (unpaired) electrons. The Morgan fingerprint density at radius 3 is 2.60 bits per heavy atom. The molecule has 1 fully saturated rings. The van der Waals surface area contributed by atoms with E-state index in [9.17, 15) is 4.79 Å². The molecule has 0 aliphatic carbocycles. The molecule has 3 rings (SSSR count). The van der Waals surface area contributed by atoms with Crippen molar-refractivity contribution in [2.24, 2.45) is 0 Å². The molecule has 0 atom stereocenters. The number of H-pyrrole nitrogens is 1. The summed E-state index contributed by atoms with van der Waals surface area (Å²) in [5.74, 6) is 1.23. The molecule has 4 heteroatoms. The van der Waals surface area contributed by atoms with Gasteiger partial charge >= 0.3 is 0 Å². The van der Waals surface area contributed by atoms with Crippen LogP contribution in [0.15, 0.2) is 47.4 Å². The molecule has 1 aromatic carbocycles. The number of aromatic nitrogens is 2. The molecule has 0 bridgehead atoms. The molecule has 0 saturated carbocycles. The van der Waals surface area contributed by atoms with Crippen molar-refractivity contribution in [3.63, 3.8) is 0 Å². The molecule has 104 valence electrons. The zero-order valence-corrected chi connectivity index (χ0v) is 11.5. The molecule has 1 aliphatic heterocycles. The maximum absolute atomic E-state index is 11.3. The Hall–Kier alpha value is -1.94. The van der Waals surface area contributed by atoms with Crippen molar-refractivity contribution in [3.8, 4) is 0 Å². The highest BCUT2D eigenvalue weighted by Crippen LogP contribution is 2.25. The number of piperidine rings is 1. The molecule has 0 amide bonds. The predicted molar refractivity (Wildman–Crippen MR) is 78.6 cm³/mol. The van der Waals surface area contributed by atoms with Gasteiger partial charge in [-0.15, -0.1) is 0 Å². The minimum Gasteiger partial charge on any atom is -0.310 e. The van der Waals surface area contributed by atoms with Crippen LogP contribution in [0, 0.1) is 0 Å². The van der Waals surface area contributed by atoms with Crippen molar-refractivity contribution >= 4 is 0 Å². The third-order valence-corrected chi connectivity index (χ3v) is 3.91. The maximum atomic E-state index is 11.3. The van der Waals surface area contributed by atoms with Crippen molar-refractivity contribution < 1.29 is 0 Å². The van der Waals surface area contributed by atoms with Crippen LogP contribution < -0.4 is 5.56 Å². The first-order valence-corrected chi connectivity index (χ1v) is 7.13. The second-order valence-electron chi connectivity index (χ2n) is 5.36. The first-order valence-electron chi connectivity index (χ1n) is 7.13. The molecule has 1 N–H and O–H groups in total. The fourth-order valence-electron chi connectivity index (χ4n) is 2.80. The van der Waals surface area contributed by atoms with E-state index in [4.69, 9.17) is 0 Å². The van der Waals surface area contributed by atoms with Gasteiger partial charge in [0, 0.05) is 24.7 Å². The number of rotatable bonds is 3. The van der Waals surface area contributed by atoms with Crippen LogP contribution in [-0.2, 0) is 6.54 Å². The molecule has 4 nitrogen and oxygen atoms in total. The number of likely N-dealkylation sites (tertiary alicyclic amines) is 1. The fraction of sp³-hybridized carbons (Fsp3) is 0.375. The minimum atomic E-state index is -0.0540. The van der Waals surface area contributed by atoms with E-state index in [1.165, 1.54) is 11.6 Å². The van der Waals surface area contributed by atoms with Gasteiger partial charge in [0.2, 0.25) is 0 Å². The van der Waals surface area contributed by atoms with E-state index in [0.29, 0.717) is 5.92 Å². The van der Waals surface area contributed by atoms with Crippen molar-refractivity contribution in [2.45, 2.75) is 25.3 Å². The summed E-state index contributed by atoms with van der Waals surface area (Å²) < 4.78 is 0. The van der Waals surface area contributed by atoms with Crippen LogP contribution in [0.3, 0.4) is 0 Å². The molecule has 1 aromatic heterocycles. The topological polar surface area (TPSA) is 49.0 Å². The van der Waals surface area contributed by atoms with Gasteiger partial charge in [-0.3, -0.25) is 9.69 Å². The van der Waals surface area contributed by atoms with Crippen LogP contribution in [-0.4, -0.2) is 28.0 Å². The number of benzene rings is 1. The standard InChI is InChI=1S/C16H19N3O/c20-15-6-9-17-16(18-15)14-7-10-19(11-8-14)12-13-4-2-1-3-5-13/h1-6,9,14H,7-8,10-12H2,(H,17,18,20). The highest BCUT2D eigenvalue weighted by molar-refractivity contribution is 5.14. The van der Waals surface area contributed by atoms with Crippen LogP contribution in [0.2, 0.25) is 0 Å². The minimum absolute atomic E-state index is 0.0540. The number of aromatic amines is 1. The lowest BCUT2D eigenvalue weighted by Gasteiger charge is -2.31. The van der Waals surface area contributed by atoms with E-state index in [0.717, 1.165) is 38.3 Å². The molecule has 1 saturated heterocycles. The van der Waals surface area contributed by atoms with E-state index >= 15 is 0 Å². The lowest BCUT2D eigenvalue weighted by atomic mass is 9.95. The van der Waals surface area contributed by atoms with Crippen LogP contribution in [0.1, 0.15) is 30.1 Å². The van der Waals surface area contributed by atoms with Gasteiger partial charge in [-0.1, -0.05) is 30.3 Å². The summed E-state index contributed by atoms with van der Waals surface area (Å²) in [6.45, 7) is 3.11. The van der Waals surface area contributed by atoms with Crippen LogP contribution in [0.25, 0.3) is 0 Å². The van der Waals surface area contributed by atoms with Crippen molar-refractivity contribution in [1.82, 2.24) is 14.9 Å². The predicted octanol–water partition coefficient (Wildman–Crippen LogP) is 2.15. The fourth-order valence-corrected chi connectivity index (χ4v) is 2.80. The first kappa shape index (κ1) is 13.1. The SMILES string of the molecule is O=c1ccnc(C2CCN(Cc3ccccc3)CC2)[nH]1. The largest absolute Gasteiger partial charge is 0.310 e. The average Bonchev–Trinajstić information content (AvgIpc) is 2.49. The summed E-state index contributed by atoms with van der Waals surface area (Å²) >= 11 is 0. The zero-order chi connectivity index (χ0) is 13.8. The number of nitrogens with zero attached hydrogens (tertiary/aromatic N) is 2. The molecule has 2 heterocycles. The van der Waals surface area contributed by atoms with Crippen LogP contribution in [0.5, 0.6) is 0 Å². The van der Waals surface area contributed by atoms with Gasteiger partial charge in [-0.05, 0) is 31.5 Å². The van der Waals surface area contributed by atoms with Gasteiger partial charge in [0.1, 0.15) is 5.82 Å². The second kappa shape index (κ2) is 6.01. The number of nitrogens with one attached hydrogen (secondary N) is 1. The smallest absolute Gasteiger partial charge is 0.250 e. The average molecular weight is 269 g/mol. The van der Waals surface area contributed by atoms with Crippen LogP contribution in [0.4, 0.5) is 0 Å².